The van der Waals surface area contributed by atoms with Gasteiger partial charge >= 0.3 is 6.18 Å². The van der Waals surface area contributed by atoms with E-state index in [0.717, 1.165) is 54.4 Å². The smallest absolute Gasteiger partial charge is 0.356 e. The second-order valence-corrected chi connectivity index (χ2v) is 8.46. The van der Waals surface area contributed by atoms with E-state index in [2.05, 4.69) is 24.6 Å². The van der Waals surface area contributed by atoms with Gasteiger partial charge in [0.1, 0.15) is 11.5 Å². The Bertz CT molecular complexity index is 1360. The van der Waals surface area contributed by atoms with Crippen LogP contribution in [0.4, 0.5) is 24.7 Å². The molecule has 1 aliphatic heterocycles. The van der Waals surface area contributed by atoms with E-state index in [4.69, 9.17) is 0 Å². The number of benzene rings is 1. The number of imidazole rings is 1. The number of fused-ring (bicyclic) bond motifs is 1. The van der Waals surface area contributed by atoms with E-state index in [-0.39, 0.29) is 11.6 Å². The van der Waals surface area contributed by atoms with Crippen LogP contribution in [0.1, 0.15) is 39.4 Å². The van der Waals surface area contributed by atoms with Crippen LogP contribution in [0.5, 0.6) is 0 Å². The summed E-state index contributed by atoms with van der Waals surface area (Å²) in [5, 5.41) is 2.54. The highest BCUT2D eigenvalue weighted by molar-refractivity contribution is 6.04. The van der Waals surface area contributed by atoms with E-state index in [1.54, 1.807) is 6.07 Å². The van der Waals surface area contributed by atoms with Crippen LogP contribution in [0.3, 0.4) is 0 Å². The molecule has 3 aromatic heterocycles. The van der Waals surface area contributed by atoms with E-state index in [1.165, 1.54) is 6.20 Å². The molecule has 0 bridgehead atoms. The molecule has 1 N–H and O–H groups in total. The van der Waals surface area contributed by atoms with Crippen molar-refractivity contribution in [3.63, 3.8) is 0 Å². The van der Waals surface area contributed by atoms with Crippen molar-refractivity contribution in [1.29, 1.82) is 0 Å². The Labute approximate surface area is 194 Å². The van der Waals surface area contributed by atoms with Gasteiger partial charge in [0.15, 0.2) is 0 Å². The van der Waals surface area contributed by atoms with E-state index in [1.807, 2.05) is 49.6 Å². The number of nitrogens with zero attached hydrogens (tertiary/aromatic N) is 4. The minimum atomic E-state index is -4.53. The molecule has 0 unspecified atom stereocenters. The minimum absolute atomic E-state index is 0.00148. The largest absolute Gasteiger partial charge is 0.417 e. The number of alkyl halides is 3. The zero-order valence-electron chi connectivity index (χ0n) is 18.4. The first kappa shape index (κ1) is 21.9. The molecule has 1 fully saturated rings. The number of aryl methyl sites for hydroxylation is 1. The molecule has 34 heavy (non-hydrogen) atoms. The summed E-state index contributed by atoms with van der Waals surface area (Å²) in [6, 6.07) is 12.2. The highest BCUT2D eigenvalue weighted by Crippen LogP contribution is 2.34. The topological polar surface area (TPSA) is 62.5 Å². The third-order valence-electron chi connectivity index (χ3n) is 6.21. The van der Waals surface area contributed by atoms with Gasteiger partial charge in [0.05, 0.1) is 23.6 Å². The molecule has 0 saturated carbocycles. The van der Waals surface area contributed by atoms with E-state index in [9.17, 15) is 18.0 Å². The fraction of sp³-hybridized carbons (Fsp3) is 0.240. The molecule has 0 spiro atoms. The molecule has 4 aromatic rings. The van der Waals surface area contributed by atoms with Crippen molar-refractivity contribution in [2.45, 2.75) is 25.4 Å². The van der Waals surface area contributed by atoms with E-state index >= 15 is 0 Å². The number of aromatic nitrogens is 3. The first-order chi connectivity index (χ1) is 16.3. The van der Waals surface area contributed by atoms with Gasteiger partial charge in [-0.25, -0.2) is 4.98 Å². The van der Waals surface area contributed by atoms with Gasteiger partial charge in [0.2, 0.25) is 0 Å². The standard InChI is InChI=1S/C25H22F3N5O/c1-16-5-6-17(24(34)31-20-11-19(12-29-13-20)25(26,27)28)10-21(16)18-7-9-32(15-18)23-14-30-22-4-2-3-8-33(22)23/h2-6,8,10-14,18H,7,9,15H2,1H3,(H,31,34)/t18-/m1/s1. The Balaban J connectivity index is 1.35. The fourth-order valence-corrected chi connectivity index (χ4v) is 4.46. The maximum atomic E-state index is 13.0. The number of halogens is 3. The highest BCUT2D eigenvalue weighted by Gasteiger charge is 2.31. The molecule has 9 heteroatoms. The summed E-state index contributed by atoms with van der Waals surface area (Å²) in [7, 11) is 0. The molecule has 5 rings (SSSR count). The molecular formula is C25H22F3N5O. The lowest BCUT2D eigenvalue weighted by molar-refractivity contribution is -0.137. The summed E-state index contributed by atoms with van der Waals surface area (Å²) < 4.78 is 40.9. The van der Waals surface area contributed by atoms with Crippen molar-refractivity contribution in [2.75, 3.05) is 23.3 Å². The van der Waals surface area contributed by atoms with Gasteiger partial charge in [-0.1, -0.05) is 12.1 Å². The zero-order valence-corrected chi connectivity index (χ0v) is 18.4. The Morgan fingerprint density at radius 1 is 1.12 bits per heavy atom. The van der Waals surface area contributed by atoms with Crippen molar-refractivity contribution < 1.29 is 18.0 Å². The third-order valence-corrected chi connectivity index (χ3v) is 6.21. The minimum Gasteiger partial charge on any atom is -0.356 e. The molecule has 0 radical (unpaired) electrons. The molecular weight excluding hydrogens is 443 g/mol. The monoisotopic (exact) mass is 465 g/mol. The Kier molecular flexibility index (Phi) is 5.47. The van der Waals surface area contributed by atoms with Gasteiger partial charge in [-0.05, 0) is 54.8 Å². The molecule has 1 saturated heterocycles. The number of carbonyl (C=O) groups excluding carboxylic acids is 1. The van der Waals surface area contributed by atoms with Gasteiger partial charge < -0.3 is 10.2 Å². The average molecular weight is 465 g/mol. The second-order valence-electron chi connectivity index (χ2n) is 8.46. The summed E-state index contributed by atoms with van der Waals surface area (Å²) in [6.45, 7) is 3.65. The van der Waals surface area contributed by atoms with Crippen LogP contribution in [0.25, 0.3) is 5.65 Å². The molecule has 0 aliphatic carbocycles. The summed E-state index contributed by atoms with van der Waals surface area (Å²) in [5.41, 5.74) is 2.51. The van der Waals surface area contributed by atoms with Gasteiger partial charge in [0, 0.05) is 37.0 Å². The SMILES string of the molecule is Cc1ccc(C(=O)Nc2cncc(C(F)(F)F)c2)cc1[C@@H]1CCN(c2cnc3ccccn23)C1. The fourth-order valence-electron chi connectivity index (χ4n) is 4.46. The Hall–Kier alpha value is -3.88. The normalized spacial score (nSPS) is 16.2. The van der Waals surface area contributed by atoms with Crippen LogP contribution in [0.2, 0.25) is 0 Å². The number of rotatable bonds is 4. The number of anilines is 2. The van der Waals surface area contributed by atoms with Crippen LogP contribution in [0.15, 0.2) is 67.3 Å². The number of pyridine rings is 2. The quantitative estimate of drug-likeness (QED) is 0.444. The summed E-state index contributed by atoms with van der Waals surface area (Å²) in [5.74, 6) is 0.776. The van der Waals surface area contributed by atoms with Crippen LogP contribution >= 0.6 is 0 Å². The molecule has 1 amide bonds. The van der Waals surface area contributed by atoms with Crippen molar-refractivity contribution >= 4 is 23.1 Å². The van der Waals surface area contributed by atoms with Crippen LogP contribution < -0.4 is 10.2 Å². The molecule has 1 aromatic carbocycles. The Morgan fingerprint density at radius 2 is 1.97 bits per heavy atom. The maximum absolute atomic E-state index is 13.0. The highest BCUT2D eigenvalue weighted by atomic mass is 19.4. The summed E-state index contributed by atoms with van der Waals surface area (Å²) in [4.78, 5) is 23.2. The van der Waals surface area contributed by atoms with Gasteiger partial charge in [-0.3, -0.25) is 14.2 Å². The first-order valence-corrected chi connectivity index (χ1v) is 10.9. The van der Waals surface area contributed by atoms with E-state index < -0.39 is 17.6 Å². The number of amides is 1. The number of hydrogen-bond acceptors (Lipinski definition) is 4. The lowest BCUT2D eigenvalue weighted by Crippen LogP contribution is -2.21. The lowest BCUT2D eigenvalue weighted by atomic mass is 9.92. The number of nitrogens with one attached hydrogen (secondary N) is 1. The number of hydrogen-bond donors (Lipinski definition) is 1. The summed E-state index contributed by atoms with van der Waals surface area (Å²) in [6.07, 6.45) is 2.19. The van der Waals surface area contributed by atoms with Crippen molar-refractivity contribution in [1.82, 2.24) is 14.4 Å². The second kappa shape index (κ2) is 8.48. The summed E-state index contributed by atoms with van der Waals surface area (Å²) >= 11 is 0. The van der Waals surface area contributed by atoms with Crippen molar-refractivity contribution in [3.05, 3.63) is 89.5 Å². The predicted molar refractivity (Wildman–Crippen MR) is 123 cm³/mol. The van der Waals surface area contributed by atoms with Gasteiger partial charge in [-0.2, -0.15) is 13.2 Å². The maximum Gasteiger partial charge on any atom is 0.417 e. The molecule has 1 aliphatic rings. The Morgan fingerprint density at radius 3 is 2.79 bits per heavy atom. The molecule has 1 atom stereocenters. The number of carbonyl (C=O) groups is 1. The van der Waals surface area contributed by atoms with Gasteiger partial charge in [-0.15, -0.1) is 0 Å². The lowest BCUT2D eigenvalue weighted by Gasteiger charge is -2.19. The van der Waals surface area contributed by atoms with Gasteiger partial charge in [0.25, 0.3) is 5.91 Å². The van der Waals surface area contributed by atoms with Crippen molar-refractivity contribution in [3.8, 4) is 0 Å². The molecule has 4 heterocycles. The third kappa shape index (κ3) is 4.21. The van der Waals surface area contributed by atoms with Crippen molar-refractivity contribution in [2.24, 2.45) is 0 Å². The molecule has 6 nitrogen and oxygen atoms in total. The van der Waals surface area contributed by atoms with Crippen LogP contribution in [-0.2, 0) is 6.18 Å². The zero-order chi connectivity index (χ0) is 23.9. The predicted octanol–water partition coefficient (Wildman–Crippen LogP) is 5.30. The van der Waals surface area contributed by atoms with Crippen LogP contribution in [-0.4, -0.2) is 33.4 Å². The van der Waals surface area contributed by atoms with Crippen LogP contribution in [0, 0.1) is 6.92 Å². The first-order valence-electron chi connectivity index (χ1n) is 10.9. The molecule has 174 valence electrons. The van der Waals surface area contributed by atoms with E-state index in [0.29, 0.717) is 5.56 Å². The average Bonchev–Trinajstić information content (AvgIpc) is 3.46.